The summed E-state index contributed by atoms with van der Waals surface area (Å²) in [6.07, 6.45) is 7.19. The van der Waals surface area contributed by atoms with Gasteiger partial charge in [0.25, 0.3) is 0 Å². The highest BCUT2D eigenvalue weighted by molar-refractivity contribution is 5.28. The number of hydrogen-bond acceptors (Lipinski definition) is 4. The Morgan fingerprint density at radius 1 is 1.10 bits per heavy atom. The number of nitrogens with zero attached hydrogens (tertiary/aromatic N) is 2. The molecule has 0 radical (unpaired) electrons. The Morgan fingerprint density at radius 3 is 2.05 bits per heavy atom. The van der Waals surface area contributed by atoms with Gasteiger partial charge in [-0.15, -0.1) is 0 Å². The summed E-state index contributed by atoms with van der Waals surface area (Å²) in [6.45, 7) is 4.96. The molecule has 1 heterocycles. The maximum absolute atomic E-state index is 5.83. The van der Waals surface area contributed by atoms with Gasteiger partial charge in [-0.3, -0.25) is 0 Å². The molecule has 0 aliphatic heterocycles. The SMILES string of the molecule is CCc1nc(C2(OC)CCCC2)nc(CC)c1CCN. The van der Waals surface area contributed by atoms with Crippen molar-refractivity contribution in [2.24, 2.45) is 5.73 Å². The Hall–Kier alpha value is -1.00. The lowest BCUT2D eigenvalue weighted by Gasteiger charge is -2.27. The lowest BCUT2D eigenvalue weighted by Crippen LogP contribution is -2.29. The first-order valence-electron chi connectivity index (χ1n) is 7.85. The van der Waals surface area contributed by atoms with E-state index in [4.69, 9.17) is 20.4 Å². The third-order valence-corrected chi connectivity index (χ3v) is 4.45. The average Bonchev–Trinajstić information content (AvgIpc) is 2.97. The van der Waals surface area contributed by atoms with Crippen LogP contribution in [0.2, 0.25) is 0 Å². The molecule has 1 aromatic rings. The summed E-state index contributed by atoms with van der Waals surface area (Å²) in [5.74, 6) is 0.895. The summed E-state index contributed by atoms with van der Waals surface area (Å²) in [6, 6.07) is 0. The third-order valence-electron chi connectivity index (χ3n) is 4.45. The molecule has 0 bridgehead atoms. The number of aromatic nitrogens is 2. The molecule has 0 atom stereocenters. The van der Waals surface area contributed by atoms with Crippen molar-refractivity contribution in [1.82, 2.24) is 9.97 Å². The Bertz CT molecular complexity index is 428. The van der Waals surface area contributed by atoms with E-state index >= 15 is 0 Å². The second-order valence-electron chi connectivity index (χ2n) is 5.57. The van der Waals surface area contributed by atoms with Crippen molar-refractivity contribution < 1.29 is 4.74 Å². The first-order chi connectivity index (χ1) is 9.70. The smallest absolute Gasteiger partial charge is 0.160 e. The molecule has 0 aromatic carbocycles. The van der Waals surface area contributed by atoms with Crippen molar-refractivity contribution in [3.8, 4) is 0 Å². The molecule has 1 fully saturated rings. The van der Waals surface area contributed by atoms with Gasteiger partial charge in [0.05, 0.1) is 0 Å². The molecule has 0 amide bonds. The van der Waals surface area contributed by atoms with E-state index in [-0.39, 0.29) is 5.60 Å². The summed E-state index contributed by atoms with van der Waals surface area (Å²) < 4.78 is 5.83. The van der Waals surface area contributed by atoms with Gasteiger partial charge in [-0.05, 0) is 57.1 Å². The second kappa shape index (κ2) is 6.64. The summed E-state index contributed by atoms with van der Waals surface area (Å²) in [5.41, 5.74) is 9.05. The van der Waals surface area contributed by atoms with Gasteiger partial charge >= 0.3 is 0 Å². The normalized spacial score (nSPS) is 17.6. The van der Waals surface area contributed by atoms with Crippen LogP contribution in [0, 0.1) is 0 Å². The molecule has 2 rings (SSSR count). The van der Waals surface area contributed by atoms with Crippen LogP contribution < -0.4 is 5.73 Å². The number of methoxy groups -OCH3 is 1. The zero-order chi connectivity index (χ0) is 14.6. The maximum Gasteiger partial charge on any atom is 0.160 e. The van der Waals surface area contributed by atoms with E-state index in [1.165, 1.54) is 18.4 Å². The molecule has 1 saturated carbocycles. The largest absolute Gasteiger partial charge is 0.370 e. The van der Waals surface area contributed by atoms with E-state index in [0.29, 0.717) is 6.54 Å². The molecule has 20 heavy (non-hydrogen) atoms. The van der Waals surface area contributed by atoms with Crippen LogP contribution in [0.3, 0.4) is 0 Å². The van der Waals surface area contributed by atoms with Gasteiger partial charge in [0, 0.05) is 18.5 Å². The fourth-order valence-corrected chi connectivity index (χ4v) is 3.27. The predicted molar refractivity (Wildman–Crippen MR) is 80.7 cm³/mol. The Kier molecular flexibility index (Phi) is 5.11. The first kappa shape index (κ1) is 15.4. The van der Waals surface area contributed by atoms with Crippen LogP contribution in [0.1, 0.15) is 62.3 Å². The van der Waals surface area contributed by atoms with Crippen LogP contribution in [0.25, 0.3) is 0 Å². The van der Waals surface area contributed by atoms with Gasteiger partial charge in [-0.25, -0.2) is 9.97 Å². The molecule has 4 heteroatoms. The zero-order valence-corrected chi connectivity index (χ0v) is 13.0. The highest BCUT2D eigenvalue weighted by Crippen LogP contribution is 2.40. The summed E-state index contributed by atoms with van der Waals surface area (Å²) >= 11 is 0. The van der Waals surface area contributed by atoms with Gasteiger partial charge in [0.15, 0.2) is 5.82 Å². The monoisotopic (exact) mass is 277 g/mol. The van der Waals surface area contributed by atoms with Crippen LogP contribution in [0.4, 0.5) is 0 Å². The molecular weight excluding hydrogens is 250 g/mol. The lowest BCUT2D eigenvalue weighted by molar-refractivity contribution is -0.0166. The molecule has 2 N–H and O–H groups in total. The highest BCUT2D eigenvalue weighted by atomic mass is 16.5. The Balaban J connectivity index is 2.49. The second-order valence-corrected chi connectivity index (χ2v) is 5.57. The minimum absolute atomic E-state index is 0.255. The fourth-order valence-electron chi connectivity index (χ4n) is 3.27. The molecular formula is C16H27N3O. The van der Waals surface area contributed by atoms with Crippen LogP contribution in [-0.2, 0) is 29.6 Å². The van der Waals surface area contributed by atoms with Gasteiger partial charge in [-0.2, -0.15) is 0 Å². The molecule has 1 aliphatic carbocycles. The minimum atomic E-state index is -0.255. The van der Waals surface area contributed by atoms with Crippen LogP contribution in [0.15, 0.2) is 0 Å². The molecule has 1 aromatic heterocycles. The van der Waals surface area contributed by atoms with Crippen molar-refractivity contribution in [2.75, 3.05) is 13.7 Å². The number of nitrogens with two attached hydrogens (primary N) is 1. The zero-order valence-electron chi connectivity index (χ0n) is 13.0. The van der Waals surface area contributed by atoms with E-state index in [2.05, 4.69) is 13.8 Å². The van der Waals surface area contributed by atoms with Crippen LogP contribution in [0.5, 0.6) is 0 Å². The summed E-state index contributed by atoms with van der Waals surface area (Å²) in [7, 11) is 1.79. The fraction of sp³-hybridized carbons (Fsp3) is 0.750. The van der Waals surface area contributed by atoms with Crippen molar-refractivity contribution in [2.45, 2.75) is 64.4 Å². The minimum Gasteiger partial charge on any atom is -0.370 e. The maximum atomic E-state index is 5.83. The van der Waals surface area contributed by atoms with E-state index in [1.807, 2.05) is 0 Å². The standard InChI is InChI=1S/C16H27N3O/c1-4-13-12(8-11-17)14(5-2)19-15(18-13)16(20-3)9-6-7-10-16/h4-11,17H2,1-3H3. The van der Waals surface area contributed by atoms with E-state index in [9.17, 15) is 0 Å². The molecule has 0 spiro atoms. The Morgan fingerprint density at radius 2 is 1.65 bits per heavy atom. The number of ether oxygens (including phenoxy) is 1. The molecule has 4 nitrogen and oxygen atoms in total. The van der Waals surface area contributed by atoms with Crippen molar-refractivity contribution >= 4 is 0 Å². The summed E-state index contributed by atoms with van der Waals surface area (Å²) in [4.78, 5) is 9.70. The number of aryl methyl sites for hydroxylation is 2. The average molecular weight is 277 g/mol. The van der Waals surface area contributed by atoms with E-state index < -0.39 is 0 Å². The Labute approximate surface area is 122 Å². The van der Waals surface area contributed by atoms with E-state index in [0.717, 1.165) is 49.3 Å². The van der Waals surface area contributed by atoms with E-state index in [1.54, 1.807) is 7.11 Å². The predicted octanol–water partition coefficient (Wildman–Crippen LogP) is 2.52. The van der Waals surface area contributed by atoms with Crippen molar-refractivity contribution in [3.63, 3.8) is 0 Å². The highest BCUT2D eigenvalue weighted by Gasteiger charge is 2.39. The van der Waals surface area contributed by atoms with Crippen LogP contribution >= 0.6 is 0 Å². The van der Waals surface area contributed by atoms with Crippen LogP contribution in [-0.4, -0.2) is 23.6 Å². The quantitative estimate of drug-likeness (QED) is 0.868. The lowest BCUT2D eigenvalue weighted by atomic mass is 9.98. The summed E-state index contributed by atoms with van der Waals surface area (Å²) in [5, 5.41) is 0. The van der Waals surface area contributed by atoms with Crippen molar-refractivity contribution in [1.29, 1.82) is 0 Å². The number of hydrogen-bond donors (Lipinski definition) is 1. The molecule has 1 aliphatic rings. The third kappa shape index (κ3) is 2.72. The topological polar surface area (TPSA) is 61.0 Å². The molecule has 0 saturated heterocycles. The first-order valence-corrected chi connectivity index (χ1v) is 7.85. The van der Waals surface area contributed by atoms with Gasteiger partial charge in [0.1, 0.15) is 5.60 Å². The van der Waals surface area contributed by atoms with Crippen molar-refractivity contribution in [3.05, 3.63) is 22.8 Å². The van der Waals surface area contributed by atoms with Gasteiger partial charge in [0.2, 0.25) is 0 Å². The number of rotatable bonds is 6. The van der Waals surface area contributed by atoms with Gasteiger partial charge in [-0.1, -0.05) is 13.8 Å². The molecule has 0 unspecified atom stereocenters. The van der Waals surface area contributed by atoms with Gasteiger partial charge < -0.3 is 10.5 Å². The molecule has 112 valence electrons.